The van der Waals surface area contributed by atoms with Crippen LogP contribution >= 0.6 is 0 Å². The third-order valence-electron chi connectivity index (χ3n) is 5.07. The Kier molecular flexibility index (Phi) is 6.74. The molecule has 8 nitrogen and oxygen atoms in total. The number of carbonyl (C=O) groups excluding carboxylic acids is 2. The Morgan fingerprint density at radius 3 is 2.55 bits per heavy atom. The highest BCUT2D eigenvalue weighted by Crippen LogP contribution is 2.27. The number of aryl methyl sites for hydroxylation is 1. The maximum atomic E-state index is 12.6. The van der Waals surface area contributed by atoms with Crippen molar-refractivity contribution in [2.24, 2.45) is 5.92 Å². The molecule has 3 rings (SSSR count). The first kappa shape index (κ1) is 20.7. The third kappa shape index (κ3) is 5.49. The van der Waals surface area contributed by atoms with Crippen LogP contribution in [0.5, 0.6) is 11.5 Å². The van der Waals surface area contributed by atoms with Crippen LogP contribution in [0.2, 0.25) is 0 Å². The number of carbonyl (C=O) groups is 2. The first-order chi connectivity index (χ1) is 14.0. The Morgan fingerprint density at radius 2 is 1.93 bits per heavy atom. The Balaban J connectivity index is 1.51. The summed E-state index contributed by atoms with van der Waals surface area (Å²) in [7, 11) is 3.13. The third-order valence-corrected chi connectivity index (χ3v) is 5.07. The first-order valence-electron chi connectivity index (χ1n) is 9.74. The van der Waals surface area contributed by atoms with Crippen molar-refractivity contribution in [2.75, 3.05) is 32.6 Å². The van der Waals surface area contributed by atoms with E-state index in [-0.39, 0.29) is 17.7 Å². The lowest BCUT2D eigenvalue weighted by Crippen LogP contribution is -2.40. The molecule has 29 heavy (non-hydrogen) atoms. The molecular formula is C21H27N3O5. The largest absolute Gasteiger partial charge is 0.497 e. The van der Waals surface area contributed by atoms with Gasteiger partial charge < -0.3 is 24.2 Å². The van der Waals surface area contributed by atoms with Crippen LogP contribution < -0.4 is 14.8 Å². The lowest BCUT2D eigenvalue weighted by Gasteiger charge is -2.32. The summed E-state index contributed by atoms with van der Waals surface area (Å²) in [5, 5.41) is 6.71. The van der Waals surface area contributed by atoms with Gasteiger partial charge in [0.1, 0.15) is 17.3 Å². The van der Waals surface area contributed by atoms with Crippen molar-refractivity contribution < 1.29 is 23.6 Å². The topological polar surface area (TPSA) is 93.9 Å². The molecule has 1 aromatic carbocycles. The molecule has 2 aromatic rings. The SMILES string of the molecule is COc1cc(NC(=O)CCC2CCCN(C(=O)c3cc(C)on3)C2)cc(OC)c1. The molecule has 1 fully saturated rings. The van der Waals surface area contributed by atoms with Crippen molar-refractivity contribution in [2.45, 2.75) is 32.6 Å². The van der Waals surface area contributed by atoms with Crippen LogP contribution in [0.4, 0.5) is 5.69 Å². The van der Waals surface area contributed by atoms with Gasteiger partial charge in [0, 0.05) is 49.5 Å². The molecule has 0 spiro atoms. The molecule has 1 atom stereocenters. The number of nitrogens with one attached hydrogen (secondary N) is 1. The van der Waals surface area contributed by atoms with Crippen LogP contribution in [0.3, 0.4) is 0 Å². The molecule has 2 heterocycles. The Hall–Kier alpha value is -3.03. The lowest BCUT2D eigenvalue weighted by molar-refractivity contribution is -0.116. The molecule has 0 saturated carbocycles. The van der Waals surface area contributed by atoms with Crippen LogP contribution in [-0.2, 0) is 4.79 Å². The van der Waals surface area contributed by atoms with Gasteiger partial charge in [0.05, 0.1) is 14.2 Å². The minimum atomic E-state index is -0.112. The van der Waals surface area contributed by atoms with Gasteiger partial charge in [-0.1, -0.05) is 5.16 Å². The maximum Gasteiger partial charge on any atom is 0.276 e. The summed E-state index contributed by atoms with van der Waals surface area (Å²) >= 11 is 0. The van der Waals surface area contributed by atoms with E-state index < -0.39 is 0 Å². The summed E-state index contributed by atoms with van der Waals surface area (Å²) in [5.41, 5.74) is 0.973. The zero-order valence-corrected chi connectivity index (χ0v) is 17.1. The minimum Gasteiger partial charge on any atom is -0.497 e. The molecule has 0 radical (unpaired) electrons. The number of methoxy groups -OCH3 is 2. The van der Waals surface area contributed by atoms with E-state index in [9.17, 15) is 9.59 Å². The number of anilines is 1. The molecule has 1 unspecified atom stereocenters. The molecule has 1 aromatic heterocycles. The molecule has 1 saturated heterocycles. The second-order valence-corrected chi connectivity index (χ2v) is 7.27. The number of amides is 2. The molecule has 156 valence electrons. The second-order valence-electron chi connectivity index (χ2n) is 7.27. The Bertz CT molecular complexity index is 842. The van der Waals surface area contributed by atoms with Crippen molar-refractivity contribution >= 4 is 17.5 Å². The van der Waals surface area contributed by atoms with E-state index in [0.717, 1.165) is 12.8 Å². The van der Waals surface area contributed by atoms with Crippen LogP contribution in [0.15, 0.2) is 28.8 Å². The molecular weight excluding hydrogens is 374 g/mol. The van der Waals surface area contributed by atoms with E-state index in [1.807, 2.05) is 0 Å². The van der Waals surface area contributed by atoms with Gasteiger partial charge in [-0.25, -0.2) is 0 Å². The Labute approximate surface area is 170 Å². The van der Waals surface area contributed by atoms with E-state index in [1.54, 1.807) is 50.3 Å². The summed E-state index contributed by atoms with van der Waals surface area (Å²) in [4.78, 5) is 26.8. The number of benzene rings is 1. The van der Waals surface area contributed by atoms with Crippen LogP contribution in [0.25, 0.3) is 0 Å². The smallest absolute Gasteiger partial charge is 0.276 e. The highest BCUT2D eigenvalue weighted by atomic mass is 16.5. The predicted molar refractivity (Wildman–Crippen MR) is 107 cm³/mol. The average molecular weight is 401 g/mol. The molecule has 1 N–H and O–H groups in total. The van der Waals surface area contributed by atoms with E-state index >= 15 is 0 Å². The minimum absolute atomic E-state index is 0.0733. The average Bonchev–Trinajstić information content (AvgIpc) is 3.17. The molecule has 8 heteroatoms. The number of ether oxygens (including phenoxy) is 2. The van der Waals surface area contributed by atoms with Gasteiger partial charge in [-0.15, -0.1) is 0 Å². The molecule has 1 aliphatic rings. The quantitative estimate of drug-likeness (QED) is 0.765. The summed E-state index contributed by atoms with van der Waals surface area (Å²) in [6.45, 7) is 3.10. The Morgan fingerprint density at radius 1 is 1.21 bits per heavy atom. The lowest BCUT2D eigenvalue weighted by atomic mass is 9.93. The zero-order valence-electron chi connectivity index (χ0n) is 17.1. The number of piperidine rings is 1. The van der Waals surface area contributed by atoms with Gasteiger partial charge in [-0.3, -0.25) is 9.59 Å². The second kappa shape index (κ2) is 9.45. The normalized spacial score (nSPS) is 16.4. The first-order valence-corrected chi connectivity index (χ1v) is 9.74. The van der Waals surface area contributed by atoms with E-state index in [4.69, 9.17) is 14.0 Å². The fraction of sp³-hybridized carbons (Fsp3) is 0.476. The number of hydrogen-bond donors (Lipinski definition) is 1. The number of likely N-dealkylation sites (tertiary alicyclic amines) is 1. The van der Waals surface area contributed by atoms with E-state index in [2.05, 4.69) is 10.5 Å². The van der Waals surface area contributed by atoms with Gasteiger partial charge in [-0.05, 0) is 32.1 Å². The van der Waals surface area contributed by atoms with Crippen molar-refractivity contribution in [1.29, 1.82) is 0 Å². The van der Waals surface area contributed by atoms with Crippen LogP contribution in [-0.4, -0.2) is 49.2 Å². The zero-order chi connectivity index (χ0) is 20.8. The van der Waals surface area contributed by atoms with Gasteiger partial charge >= 0.3 is 0 Å². The summed E-state index contributed by atoms with van der Waals surface area (Å²) in [6, 6.07) is 6.91. The van der Waals surface area contributed by atoms with Crippen molar-refractivity contribution in [1.82, 2.24) is 10.1 Å². The van der Waals surface area contributed by atoms with Crippen molar-refractivity contribution in [3.63, 3.8) is 0 Å². The fourth-order valence-corrected chi connectivity index (χ4v) is 3.55. The summed E-state index contributed by atoms with van der Waals surface area (Å²) < 4.78 is 15.5. The highest BCUT2D eigenvalue weighted by molar-refractivity contribution is 5.92. The monoisotopic (exact) mass is 401 g/mol. The predicted octanol–water partition coefficient (Wildman–Crippen LogP) is 3.27. The molecule has 0 aliphatic carbocycles. The number of rotatable bonds is 7. The number of hydrogen-bond acceptors (Lipinski definition) is 6. The van der Waals surface area contributed by atoms with E-state index in [0.29, 0.717) is 54.6 Å². The molecule has 0 bridgehead atoms. The van der Waals surface area contributed by atoms with Crippen molar-refractivity contribution in [3.8, 4) is 11.5 Å². The maximum absolute atomic E-state index is 12.6. The standard InChI is InChI=1S/C21H27N3O5/c1-14-9-19(23-29-14)21(26)24-8-4-5-15(13-24)6-7-20(25)22-16-10-17(27-2)12-18(11-16)28-3/h9-12,15H,4-8,13H2,1-3H3,(H,22,25). The van der Waals surface area contributed by atoms with Crippen molar-refractivity contribution in [3.05, 3.63) is 35.7 Å². The van der Waals surface area contributed by atoms with E-state index in [1.165, 1.54) is 0 Å². The van der Waals surface area contributed by atoms with Gasteiger partial charge in [0.15, 0.2) is 5.69 Å². The summed E-state index contributed by atoms with van der Waals surface area (Å²) in [5.74, 6) is 1.95. The highest BCUT2D eigenvalue weighted by Gasteiger charge is 2.26. The van der Waals surface area contributed by atoms with Gasteiger partial charge in [0.2, 0.25) is 5.91 Å². The van der Waals surface area contributed by atoms with Crippen LogP contribution in [0.1, 0.15) is 41.9 Å². The number of nitrogens with zero attached hydrogens (tertiary/aromatic N) is 2. The fourth-order valence-electron chi connectivity index (χ4n) is 3.55. The molecule has 2 amide bonds. The van der Waals surface area contributed by atoms with Crippen LogP contribution in [0, 0.1) is 12.8 Å². The number of aromatic nitrogens is 1. The summed E-state index contributed by atoms with van der Waals surface area (Å²) in [6.07, 6.45) is 3.02. The van der Waals surface area contributed by atoms with Gasteiger partial charge in [-0.2, -0.15) is 0 Å². The van der Waals surface area contributed by atoms with Gasteiger partial charge in [0.25, 0.3) is 5.91 Å². The molecule has 1 aliphatic heterocycles.